The monoisotopic (exact) mass is 267 g/mol. The van der Waals surface area contributed by atoms with E-state index in [-0.39, 0.29) is 24.5 Å². The summed E-state index contributed by atoms with van der Waals surface area (Å²) < 4.78 is 0. The van der Waals surface area contributed by atoms with Crippen molar-refractivity contribution in [2.24, 2.45) is 5.84 Å². The zero-order valence-corrected chi connectivity index (χ0v) is 11.6. The van der Waals surface area contributed by atoms with Gasteiger partial charge in [-0.05, 0) is 33.3 Å². The quantitative estimate of drug-likeness (QED) is 0.506. The van der Waals surface area contributed by atoms with Crippen LogP contribution in [-0.4, -0.2) is 45.1 Å². The maximum Gasteiger partial charge on any atom is 0.272 e. The van der Waals surface area contributed by atoms with Crippen molar-refractivity contribution >= 4 is 11.9 Å². The van der Waals surface area contributed by atoms with E-state index in [1.807, 2.05) is 13.8 Å². The van der Waals surface area contributed by atoms with Gasteiger partial charge in [0.05, 0.1) is 0 Å². The van der Waals surface area contributed by atoms with Crippen LogP contribution in [0.5, 0.6) is 0 Å². The van der Waals surface area contributed by atoms with E-state index in [4.69, 9.17) is 10.9 Å². The molecular weight excluding hydrogens is 246 g/mol. The number of hydrazine groups is 1. The van der Waals surface area contributed by atoms with Crippen molar-refractivity contribution in [2.75, 3.05) is 18.6 Å². The molecule has 106 valence electrons. The molecule has 0 aliphatic carbocycles. The number of amides is 1. The Hall–Kier alpha value is -1.73. The molecule has 1 aromatic rings. The molecule has 1 amide bonds. The molecule has 0 unspecified atom stereocenters. The molecule has 7 heteroatoms. The number of aliphatic hydroxyl groups excluding tert-OH is 1. The van der Waals surface area contributed by atoms with Gasteiger partial charge in [-0.15, -0.1) is 0 Å². The minimum absolute atomic E-state index is 0.0311. The van der Waals surface area contributed by atoms with Crippen LogP contribution in [0.25, 0.3) is 0 Å². The SMILES string of the molecule is Cc1cc(C(=O)N(CCCO)C(C)C)nc(NN)n1. The summed E-state index contributed by atoms with van der Waals surface area (Å²) in [5, 5.41) is 8.89. The summed E-state index contributed by atoms with van der Waals surface area (Å²) in [6.45, 7) is 6.15. The molecule has 7 nitrogen and oxygen atoms in total. The van der Waals surface area contributed by atoms with E-state index in [0.717, 1.165) is 0 Å². The van der Waals surface area contributed by atoms with Crippen LogP contribution in [0.1, 0.15) is 36.5 Å². The number of hydrogen-bond donors (Lipinski definition) is 3. The fraction of sp³-hybridized carbons (Fsp3) is 0.583. The predicted molar refractivity (Wildman–Crippen MR) is 72.5 cm³/mol. The number of aromatic nitrogens is 2. The Balaban J connectivity index is 2.98. The number of aliphatic hydroxyl groups is 1. The van der Waals surface area contributed by atoms with E-state index in [9.17, 15) is 4.79 Å². The molecule has 0 aliphatic heterocycles. The molecule has 0 spiro atoms. The lowest BCUT2D eigenvalue weighted by molar-refractivity contribution is 0.0687. The first kappa shape index (κ1) is 15.3. The Bertz CT molecular complexity index is 436. The van der Waals surface area contributed by atoms with Gasteiger partial charge in [0.25, 0.3) is 5.91 Å². The number of nitrogens with zero attached hydrogens (tertiary/aromatic N) is 3. The standard InChI is InChI=1S/C12H21N5O2/c1-8(2)17(5-4-6-18)11(19)10-7-9(3)14-12(15-10)16-13/h7-8,18H,4-6,13H2,1-3H3,(H,14,15,16). The van der Waals surface area contributed by atoms with Crippen molar-refractivity contribution in [3.05, 3.63) is 17.5 Å². The summed E-state index contributed by atoms with van der Waals surface area (Å²) in [6.07, 6.45) is 0.538. The molecule has 0 aliphatic rings. The zero-order valence-electron chi connectivity index (χ0n) is 11.6. The van der Waals surface area contributed by atoms with Crippen molar-refractivity contribution in [3.8, 4) is 0 Å². The number of nitrogen functional groups attached to an aromatic ring is 1. The molecule has 1 rings (SSSR count). The second-order valence-corrected chi connectivity index (χ2v) is 4.53. The van der Waals surface area contributed by atoms with Crippen LogP contribution in [0.3, 0.4) is 0 Å². The van der Waals surface area contributed by atoms with Crippen LogP contribution in [0.4, 0.5) is 5.95 Å². The second kappa shape index (κ2) is 7.01. The van der Waals surface area contributed by atoms with E-state index in [2.05, 4.69) is 15.4 Å². The Morgan fingerprint density at radius 2 is 2.21 bits per heavy atom. The van der Waals surface area contributed by atoms with Gasteiger partial charge in [-0.25, -0.2) is 15.8 Å². The van der Waals surface area contributed by atoms with Gasteiger partial charge in [-0.2, -0.15) is 0 Å². The fourth-order valence-corrected chi connectivity index (χ4v) is 1.73. The molecule has 19 heavy (non-hydrogen) atoms. The molecule has 0 atom stereocenters. The third-order valence-corrected chi connectivity index (χ3v) is 2.64. The highest BCUT2D eigenvalue weighted by Gasteiger charge is 2.20. The number of aryl methyl sites for hydroxylation is 1. The maximum atomic E-state index is 12.4. The molecule has 0 bridgehead atoms. The van der Waals surface area contributed by atoms with Crippen LogP contribution < -0.4 is 11.3 Å². The van der Waals surface area contributed by atoms with Crippen molar-refractivity contribution in [3.63, 3.8) is 0 Å². The zero-order chi connectivity index (χ0) is 14.4. The van der Waals surface area contributed by atoms with E-state index >= 15 is 0 Å². The van der Waals surface area contributed by atoms with Gasteiger partial charge in [0, 0.05) is 24.9 Å². The topological polar surface area (TPSA) is 104 Å². The van der Waals surface area contributed by atoms with Crippen LogP contribution in [-0.2, 0) is 0 Å². The molecule has 0 saturated carbocycles. The number of carbonyl (C=O) groups excluding carboxylic acids is 1. The highest BCUT2D eigenvalue weighted by atomic mass is 16.3. The van der Waals surface area contributed by atoms with Crippen LogP contribution in [0.15, 0.2) is 6.07 Å². The number of nitrogens with one attached hydrogen (secondary N) is 1. The Morgan fingerprint density at radius 1 is 1.53 bits per heavy atom. The van der Waals surface area contributed by atoms with Gasteiger partial charge in [0.15, 0.2) is 0 Å². The fourth-order valence-electron chi connectivity index (χ4n) is 1.73. The largest absolute Gasteiger partial charge is 0.396 e. The minimum atomic E-state index is -0.189. The molecule has 0 fully saturated rings. The Labute approximate surface area is 112 Å². The summed E-state index contributed by atoms with van der Waals surface area (Å²) in [4.78, 5) is 22.2. The normalized spacial score (nSPS) is 10.6. The van der Waals surface area contributed by atoms with E-state index < -0.39 is 0 Å². The first-order valence-electron chi connectivity index (χ1n) is 6.23. The number of carbonyl (C=O) groups is 1. The second-order valence-electron chi connectivity index (χ2n) is 4.53. The molecule has 1 aromatic heterocycles. The summed E-state index contributed by atoms with van der Waals surface area (Å²) in [7, 11) is 0. The van der Waals surface area contributed by atoms with Crippen LogP contribution in [0.2, 0.25) is 0 Å². The summed E-state index contributed by atoms with van der Waals surface area (Å²) in [6, 6.07) is 1.65. The minimum Gasteiger partial charge on any atom is -0.396 e. The summed E-state index contributed by atoms with van der Waals surface area (Å²) in [5.41, 5.74) is 3.30. The van der Waals surface area contributed by atoms with Gasteiger partial charge >= 0.3 is 0 Å². The lowest BCUT2D eigenvalue weighted by Gasteiger charge is -2.26. The smallest absolute Gasteiger partial charge is 0.272 e. The Morgan fingerprint density at radius 3 is 2.74 bits per heavy atom. The third-order valence-electron chi connectivity index (χ3n) is 2.64. The molecule has 1 heterocycles. The van der Waals surface area contributed by atoms with Crippen molar-refractivity contribution < 1.29 is 9.90 Å². The Kier molecular flexibility index (Phi) is 5.65. The van der Waals surface area contributed by atoms with E-state index in [1.54, 1.807) is 17.9 Å². The third kappa shape index (κ3) is 4.15. The molecule has 4 N–H and O–H groups in total. The van der Waals surface area contributed by atoms with E-state index in [0.29, 0.717) is 24.4 Å². The van der Waals surface area contributed by atoms with Gasteiger partial charge in [-0.3, -0.25) is 10.2 Å². The molecule has 0 saturated heterocycles. The van der Waals surface area contributed by atoms with Crippen molar-refractivity contribution in [1.29, 1.82) is 0 Å². The number of anilines is 1. The summed E-state index contributed by atoms with van der Waals surface area (Å²) in [5.74, 6) is 5.30. The maximum absolute atomic E-state index is 12.4. The lowest BCUT2D eigenvalue weighted by Crippen LogP contribution is -2.38. The molecular formula is C12H21N5O2. The average molecular weight is 267 g/mol. The van der Waals surface area contributed by atoms with Gasteiger partial charge in [0.2, 0.25) is 5.95 Å². The van der Waals surface area contributed by atoms with Crippen molar-refractivity contribution in [1.82, 2.24) is 14.9 Å². The number of hydrogen-bond acceptors (Lipinski definition) is 6. The highest BCUT2D eigenvalue weighted by molar-refractivity contribution is 5.92. The first-order chi connectivity index (χ1) is 8.99. The molecule has 0 aromatic carbocycles. The van der Waals surface area contributed by atoms with Crippen LogP contribution in [0, 0.1) is 6.92 Å². The molecule has 0 radical (unpaired) electrons. The highest BCUT2D eigenvalue weighted by Crippen LogP contribution is 2.10. The first-order valence-corrected chi connectivity index (χ1v) is 6.23. The van der Waals surface area contributed by atoms with Gasteiger partial charge in [0.1, 0.15) is 5.69 Å². The van der Waals surface area contributed by atoms with Gasteiger partial charge < -0.3 is 10.0 Å². The van der Waals surface area contributed by atoms with E-state index in [1.165, 1.54) is 0 Å². The van der Waals surface area contributed by atoms with Crippen molar-refractivity contribution in [2.45, 2.75) is 33.2 Å². The van der Waals surface area contributed by atoms with Crippen LogP contribution >= 0.6 is 0 Å². The summed E-state index contributed by atoms with van der Waals surface area (Å²) >= 11 is 0. The number of rotatable bonds is 6. The van der Waals surface area contributed by atoms with Gasteiger partial charge in [-0.1, -0.05) is 0 Å². The lowest BCUT2D eigenvalue weighted by atomic mass is 10.2. The average Bonchev–Trinajstić information content (AvgIpc) is 2.37. The predicted octanol–water partition coefficient (Wildman–Crippen LogP) is 0.304. The number of nitrogens with two attached hydrogens (primary N) is 1.